The van der Waals surface area contributed by atoms with Gasteiger partial charge >= 0.3 is 0 Å². The van der Waals surface area contributed by atoms with Crippen LogP contribution in [0, 0.1) is 0 Å². The Morgan fingerprint density at radius 1 is 0.897 bits per heavy atom. The summed E-state index contributed by atoms with van der Waals surface area (Å²) in [4.78, 5) is 5.22. The van der Waals surface area contributed by atoms with Crippen molar-refractivity contribution in [2.75, 3.05) is 39.8 Å². The van der Waals surface area contributed by atoms with E-state index in [9.17, 15) is 4.21 Å². The summed E-state index contributed by atoms with van der Waals surface area (Å²) in [5.74, 6) is 2.08. The molecule has 0 fully saturated rings. The molecule has 0 saturated heterocycles. The molecule has 2 N–H and O–H groups in total. The van der Waals surface area contributed by atoms with Gasteiger partial charge in [-0.3, -0.25) is 4.90 Å². The molecule has 0 bridgehead atoms. The third kappa shape index (κ3) is 6.75. The van der Waals surface area contributed by atoms with Gasteiger partial charge in [0.2, 0.25) is 11.1 Å². The van der Waals surface area contributed by atoms with Gasteiger partial charge in [0, 0.05) is 38.8 Å². The van der Waals surface area contributed by atoms with Crippen molar-refractivity contribution >= 4 is 16.8 Å². The zero-order valence-electron chi connectivity index (χ0n) is 24.5. The quantitative estimate of drug-likeness (QED) is 0.384. The smallest absolute Gasteiger partial charge is 0.240 e. The third-order valence-electron chi connectivity index (χ3n) is 6.80. The lowest BCUT2D eigenvalue weighted by Crippen LogP contribution is -2.39. The van der Waals surface area contributed by atoms with Gasteiger partial charge in [-0.25, -0.2) is 4.21 Å². The van der Waals surface area contributed by atoms with Gasteiger partial charge < -0.3 is 24.0 Å². The second-order valence-corrected chi connectivity index (χ2v) is 10.0. The Hall–Kier alpha value is -3.07. The van der Waals surface area contributed by atoms with Crippen LogP contribution in [0.15, 0.2) is 59.5 Å². The van der Waals surface area contributed by atoms with Crippen molar-refractivity contribution in [3.63, 3.8) is 0 Å². The lowest BCUT2D eigenvalue weighted by atomic mass is 9.83. The van der Waals surface area contributed by atoms with E-state index in [-0.39, 0.29) is 11.5 Å². The van der Waals surface area contributed by atoms with E-state index >= 15 is 0 Å². The van der Waals surface area contributed by atoms with Gasteiger partial charge in [-0.15, -0.1) is 0 Å². The number of benzene rings is 3. The normalized spacial score (nSPS) is 15.7. The highest BCUT2D eigenvalue weighted by molar-refractivity contribution is 7.80. The Labute approximate surface area is 236 Å². The lowest BCUT2D eigenvalue weighted by Gasteiger charge is -2.42. The monoisotopic (exact) mass is 556 g/mol. The molecule has 0 aliphatic carbocycles. The SMILES string of the molecule is CC.CC.COc1cc2c(cc1N(C)C)CCN1Cc3c(ccc(OC)c3OS(=O)c3ccccc3)CC21.O. The van der Waals surface area contributed by atoms with Gasteiger partial charge in [-0.1, -0.05) is 52.0 Å². The number of nitrogens with zero attached hydrogens (tertiary/aromatic N) is 2. The maximum atomic E-state index is 13.0. The number of rotatable bonds is 6. The second kappa shape index (κ2) is 14.9. The average Bonchev–Trinajstić information content (AvgIpc) is 2.98. The van der Waals surface area contributed by atoms with Gasteiger partial charge in [-0.2, -0.15) is 0 Å². The topological polar surface area (TPSA) is 82.7 Å². The molecule has 0 spiro atoms. The van der Waals surface area contributed by atoms with E-state index in [1.54, 1.807) is 14.2 Å². The first kappa shape index (κ1) is 32.1. The second-order valence-electron chi connectivity index (χ2n) is 8.92. The van der Waals surface area contributed by atoms with Crippen molar-refractivity contribution in [1.29, 1.82) is 0 Å². The first-order chi connectivity index (χ1) is 18.5. The molecule has 0 amide bonds. The highest BCUT2D eigenvalue weighted by Crippen LogP contribution is 2.46. The number of fused-ring (bicyclic) bond motifs is 4. The molecule has 2 atom stereocenters. The summed E-state index contributed by atoms with van der Waals surface area (Å²) < 4.78 is 30.4. The minimum Gasteiger partial charge on any atom is -0.495 e. The van der Waals surface area contributed by atoms with Crippen LogP contribution in [0.3, 0.4) is 0 Å². The molecular formula is C31H44N2O5S. The van der Waals surface area contributed by atoms with Crippen LogP contribution in [0.5, 0.6) is 17.2 Å². The molecule has 2 aliphatic rings. The highest BCUT2D eigenvalue weighted by Gasteiger charge is 2.35. The molecule has 0 saturated carbocycles. The predicted octanol–water partition coefficient (Wildman–Crippen LogP) is 5.75. The first-order valence-corrected chi connectivity index (χ1v) is 14.5. The summed E-state index contributed by atoms with van der Waals surface area (Å²) >= 11 is -1.62. The molecule has 0 aromatic heterocycles. The van der Waals surface area contributed by atoms with Crippen LogP contribution in [-0.2, 0) is 30.5 Å². The van der Waals surface area contributed by atoms with Crippen LogP contribution in [0.25, 0.3) is 0 Å². The molecule has 5 rings (SSSR count). The molecule has 7 nitrogen and oxygen atoms in total. The van der Waals surface area contributed by atoms with Gasteiger partial charge in [0.05, 0.1) is 24.8 Å². The van der Waals surface area contributed by atoms with E-state index in [4.69, 9.17) is 13.7 Å². The third-order valence-corrected chi connectivity index (χ3v) is 7.78. The molecule has 0 radical (unpaired) electrons. The van der Waals surface area contributed by atoms with Crippen LogP contribution >= 0.6 is 0 Å². The number of hydrogen-bond acceptors (Lipinski definition) is 6. The Morgan fingerprint density at radius 3 is 2.18 bits per heavy atom. The number of anilines is 1. The fourth-order valence-corrected chi connectivity index (χ4v) is 5.85. The summed E-state index contributed by atoms with van der Waals surface area (Å²) in [6.45, 7) is 9.67. The molecule has 2 heterocycles. The van der Waals surface area contributed by atoms with Crippen molar-refractivity contribution in [3.05, 3.63) is 76.9 Å². The van der Waals surface area contributed by atoms with E-state index < -0.39 is 11.1 Å². The van der Waals surface area contributed by atoms with Crippen molar-refractivity contribution in [1.82, 2.24) is 4.90 Å². The van der Waals surface area contributed by atoms with Crippen LogP contribution in [-0.4, -0.2) is 49.4 Å². The van der Waals surface area contributed by atoms with Crippen molar-refractivity contribution in [3.8, 4) is 17.2 Å². The molecule has 2 aliphatic heterocycles. The summed E-state index contributed by atoms with van der Waals surface area (Å²) in [5, 5.41) is 0. The fraction of sp³-hybridized carbons (Fsp3) is 0.419. The maximum Gasteiger partial charge on any atom is 0.240 e. The van der Waals surface area contributed by atoms with Crippen LogP contribution in [0.1, 0.15) is 56.0 Å². The largest absolute Gasteiger partial charge is 0.495 e. The summed E-state index contributed by atoms with van der Waals surface area (Å²) in [6, 6.07) is 18.0. The molecule has 39 heavy (non-hydrogen) atoms. The summed E-state index contributed by atoms with van der Waals surface area (Å²) in [6.07, 6.45) is 1.83. The van der Waals surface area contributed by atoms with Crippen molar-refractivity contribution < 1.29 is 23.3 Å². The Morgan fingerprint density at radius 2 is 1.56 bits per heavy atom. The average molecular weight is 557 g/mol. The Balaban J connectivity index is 0.00000102. The summed E-state index contributed by atoms with van der Waals surface area (Å²) in [7, 11) is 7.45. The number of ether oxygens (including phenoxy) is 2. The van der Waals surface area contributed by atoms with E-state index in [1.165, 1.54) is 16.7 Å². The maximum absolute atomic E-state index is 13.0. The molecule has 8 heteroatoms. The minimum atomic E-state index is -1.62. The van der Waals surface area contributed by atoms with Gasteiger partial charge in [0.15, 0.2) is 11.5 Å². The molecule has 214 valence electrons. The van der Waals surface area contributed by atoms with E-state index in [2.05, 4.69) is 28.0 Å². The van der Waals surface area contributed by atoms with Gasteiger partial charge in [0.25, 0.3) is 0 Å². The fourth-order valence-electron chi connectivity index (χ4n) is 5.04. The van der Waals surface area contributed by atoms with E-state index in [1.807, 2.05) is 78.2 Å². The number of methoxy groups -OCH3 is 2. The van der Waals surface area contributed by atoms with Crippen molar-refractivity contribution in [2.45, 2.75) is 58.0 Å². The highest BCUT2D eigenvalue weighted by atomic mass is 32.2. The zero-order chi connectivity index (χ0) is 27.8. The lowest BCUT2D eigenvalue weighted by molar-refractivity contribution is 0.159. The van der Waals surface area contributed by atoms with Gasteiger partial charge in [0.1, 0.15) is 5.75 Å². The molecule has 2 unspecified atom stereocenters. The minimum absolute atomic E-state index is 0. The number of hydrogen-bond donors (Lipinski definition) is 0. The first-order valence-electron chi connectivity index (χ1n) is 13.5. The summed E-state index contributed by atoms with van der Waals surface area (Å²) in [5.41, 5.74) is 6.07. The zero-order valence-corrected chi connectivity index (χ0v) is 25.4. The van der Waals surface area contributed by atoms with Crippen LogP contribution < -0.4 is 18.6 Å². The molecule has 3 aromatic rings. The van der Waals surface area contributed by atoms with E-state index in [0.717, 1.165) is 42.9 Å². The van der Waals surface area contributed by atoms with Crippen molar-refractivity contribution in [2.24, 2.45) is 0 Å². The predicted molar refractivity (Wildman–Crippen MR) is 161 cm³/mol. The van der Waals surface area contributed by atoms with Gasteiger partial charge in [-0.05, 0) is 59.9 Å². The van der Waals surface area contributed by atoms with Crippen LogP contribution in [0.4, 0.5) is 5.69 Å². The van der Waals surface area contributed by atoms with Crippen LogP contribution in [0.2, 0.25) is 0 Å². The standard InChI is InChI=1S/C27H30N2O4S.2C2H6.H2O/c1-28(2)24-15-19-12-13-29-17-22-18(14-23(29)21(19)16-26(24)32-4)10-11-25(31-3)27(22)33-34(30)20-8-6-5-7-9-20;2*1-2;/h5-11,15-16,23H,12-14,17H2,1-4H3;2*1-2H3;1H2. The molecule has 3 aromatic carbocycles. The van der Waals surface area contributed by atoms with E-state index in [0.29, 0.717) is 16.4 Å². The Kier molecular flexibility index (Phi) is 12.3. The molecular weight excluding hydrogens is 512 g/mol. The Bertz CT molecular complexity index is 1230.